The molecule has 3 aromatic rings. The third-order valence-corrected chi connectivity index (χ3v) is 4.07. The fraction of sp³-hybridized carbons (Fsp3) is 0.227. The number of amides is 1. The van der Waals surface area contributed by atoms with Crippen LogP contribution in [-0.2, 0) is 4.74 Å². The van der Waals surface area contributed by atoms with Gasteiger partial charge in [-0.2, -0.15) is 0 Å². The summed E-state index contributed by atoms with van der Waals surface area (Å²) in [6.07, 6.45) is 0. The van der Waals surface area contributed by atoms with E-state index >= 15 is 0 Å². The second-order valence-electron chi connectivity index (χ2n) is 6.35. The zero-order valence-electron chi connectivity index (χ0n) is 16.3. The van der Waals surface area contributed by atoms with Gasteiger partial charge in [0.25, 0.3) is 5.91 Å². The van der Waals surface area contributed by atoms with Crippen molar-refractivity contribution in [3.8, 4) is 11.3 Å². The lowest BCUT2D eigenvalue weighted by Gasteiger charge is -2.10. The van der Waals surface area contributed by atoms with Crippen molar-refractivity contribution in [1.82, 2.24) is 15.3 Å². The van der Waals surface area contributed by atoms with Crippen molar-refractivity contribution in [2.75, 3.05) is 31.7 Å². The second-order valence-corrected chi connectivity index (χ2v) is 6.35. The van der Waals surface area contributed by atoms with E-state index in [0.717, 1.165) is 16.9 Å². The number of aromatic nitrogens is 2. The molecule has 150 valence electrons. The minimum atomic E-state index is -0.190. The van der Waals surface area contributed by atoms with Gasteiger partial charge in [-0.1, -0.05) is 36.4 Å². The highest BCUT2D eigenvalue weighted by Gasteiger charge is 2.08. The standard InChI is InChI=1S/C22H24N4O3/c1-16-24-20(17-6-3-2-4-7-17)15-21(25-16)26-19-9-5-8-18(14-19)22(28)23-10-12-29-13-11-27/h2-9,14-15,27H,10-13H2,1H3,(H,23,28)(H,24,25,26). The molecule has 0 aliphatic rings. The van der Waals surface area contributed by atoms with E-state index in [0.29, 0.717) is 30.4 Å². The molecule has 0 unspecified atom stereocenters. The third-order valence-electron chi connectivity index (χ3n) is 4.07. The number of nitrogens with one attached hydrogen (secondary N) is 2. The molecule has 0 saturated heterocycles. The Morgan fingerprint density at radius 3 is 2.66 bits per heavy atom. The lowest BCUT2D eigenvalue weighted by atomic mass is 10.1. The molecule has 0 aliphatic heterocycles. The van der Waals surface area contributed by atoms with Crippen LogP contribution in [0.1, 0.15) is 16.2 Å². The van der Waals surface area contributed by atoms with Crippen molar-refractivity contribution in [2.45, 2.75) is 6.92 Å². The van der Waals surface area contributed by atoms with Crippen molar-refractivity contribution >= 4 is 17.4 Å². The maximum atomic E-state index is 12.3. The third kappa shape index (κ3) is 6.10. The van der Waals surface area contributed by atoms with Crippen LogP contribution in [0.25, 0.3) is 11.3 Å². The largest absolute Gasteiger partial charge is 0.394 e. The summed E-state index contributed by atoms with van der Waals surface area (Å²) in [5.74, 6) is 1.13. The van der Waals surface area contributed by atoms with E-state index in [9.17, 15) is 4.79 Å². The van der Waals surface area contributed by atoms with E-state index in [4.69, 9.17) is 9.84 Å². The molecular weight excluding hydrogens is 368 g/mol. The van der Waals surface area contributed by atoms with E-state index in [1.54, 1.807) is 12.1 Å². The van der Waals surface area contributed by atoms with Gasteiger partial charge >= 0.3 is 0 Å². The number of ether oxygens (including phenoxy) is 1. The molecule has 0 atom stereocenters. The molecule has 0 bridgehead atoms. The molecule has 1 aromatic heterocycles. The number of carbonyl (C=O) groups excluding carboxylic acids is 1. The minimum Gasteiger partial charge on any atom is -0.394 e. The number of rotatable bonds is 9. The molecule has 1 amide bonds. The van der Waals surface area contributed by atoms with Gasteiger partial charge in [-0.25, -0.2) is 9.97 Å². The fourth-order valence-corrected chi connectivity index (χ4v) is 2.78. The average molecular weight is 392 g/mol. The number of aliphatic hydroxyl groups is 1. The molecule has 0 saturated carbocycles. The van der Waals surface area contributed by atoms with Gasteiger partial charge in [-0.15, -0.1) is 0 Å². The van der Waals surface area contributed by atoms with Crippen LogP contribution in [0, 0.1) is 6.92 Å². The summed E-state index contributed by atoms with van der Waals surface area (Å²) >= 11 is 0. The van der Waals surface area contributed by atoms with Gasteiger partial charge in [0.05, 0.1) is 25.5 Å². The smallest absolute Gasteiger partial charge is 0.251 e. The summed E-state index contributed by atoms with van der Waals surface area (Å²) in [4.78, 5) is 21.3. The molecule has 2 aromatic carbocycles. The molecule has 0 radical (unpaired) electrons. The van der Waals surface area contributed by atoms with Crippen LogP contribution < -0.4 is 10.6 Å². The molecule has 1 heterocycles. The zero-order chi connectivity index (χ0) is 20.5. The summed E-state index contributed by atoms with van der Waals surface area (Å²) in [5, 5.41) is 14.7. The lowest BCUT2D eigenvalue weighted by molar-refractivity contribution is 0.0838. The number of hydrogen-bond donors (Lipinski definition) is 3. The Balaban J connectivity index is 1.69. The van der Waals surface area contributed by atoms with Gasteiger partial charge in [-0.3, -0.25) is 4.79 Å². The number of hydrogen-bond acceptors (Lipinski definition) is 6. The predicted molar refractivity (Wildman–Crippen MR) is 112 cm³/mol. The van der Waals surface area contributed by atoms with Crippen molar-refractivity contribution in [3.63, 3.8) is 0 Å². The van der Waals surface area contributed by atoms with Crippen LogP contribution >= 0.6 is 0 Å². The van der Waals surface area contributed by atoms with E-state index < -0.39 is 0 Å². The number of anilines is 2. The van der Waals surface area contributed by atoms with E-state index in [1.807, 2.05) is 55.5 Å². The van der Waals surface area contributed by atoms with Crippen LogP contribution in [0.15, 0.2) is 60.7 Å². The second kappa shape index (κ2) is 10.3. The molecule has 3 rings (SSSR count). The Morgan fingerprint density at radius 2 is 1.86 bits per heavy atom. The summed E-state index contributed by atoms with van der Waals surface area (Å²) in [6, 6.07) is 19.0. The van der Waals surface area contributed by atoms with Gasteiger partial charge in [0, 0.05) is 29.4 Å². The van der Waals surface area contributed by atoms with Crippen LogP contribution in [0.2, 0.25) is 0 Å². The maximum absolute atomic E-state index is 12.3. The van der Waals surface area contributed by atoms with Gasteiger partial charge in [0.15, 0.2) is 0 Å². The molecule has 0 spiro atoms. The quantitative estimate of drug-likeness (QED) is 0.485. The topological polar surface area (TPSA) is 96.4 Å². The zero-order valence-corrected chi connectivity index (χ0v) is 16.3. The molecule has 29 heavy (non-hydrogen) atoms. The lowest BCUT2D eigenvalue weighted by Crippen LogP contribution is -2.27. The summed E-state index contributed by atoms with van der Waals surface area (Å²) in [5.41, 5.74) is 3.13. The number of aryl methyl sites for hydroxylation is 1. The molecular formula is C22H24N4O3. The highest BCUT2D eigenvalue weighted by Crippen LogP contribution is 2.22. The van der Waals surface area contributed by atoms with Gasteiger partial charge in [0.2, 0.25) is 0 Å². The van der Waals surface area contributed by atoms with Crippen LogP contribution in [-0.4, -0.2) is 47.3 Å². The van der Waals surface area contributed by atoms with Gasteiger partial charge in [0.1, 0.15) is 11.6 Å². The Morgan fingerprint density at radius 1 is 1.03 bits per heavy atom. The van der Waals surface area contributed by atoms with Crippen LogP contribution in [0.5, 0.6) is 0 Å². The molecule has 3 N–H and O–H groups in total. The van der Waals surface area contributed by atoms with E-state index in [-0.39, 0.29) is 19.1 Å². The first-order chi connectivity index (χ1) is 14.2. The van der Waals surface area contributed by atoms with Crippen LogP contribution in [0.3, 0.4) is 0 Å². The predicted octanol–water partition coefficient (Wildman–Crippen LogP) is 2.93. The summed E-state index contributed by atoms with van der Waals surface area (Å²) in [6.45, 7) is 2.81. The van der Waals surface area contributed by atoms with Crippen molar-refractivity contribution < 1.29 is 14.6 Å². The number of benzene rings is 2. The molecule has 7 nitrogen and oxygen atoms in total. The summed E-state index contributed by atoms with van der Waals surface area (Å²) in [7, 11) is 0. The first-order valence-corrected chi connectivity index (χ1v) is 9.41. The number of aliphatic hydroxyl groups excluding tert-OH is 1. The van der Waals surface area contributed by atoms with Crippen LogP contribution in [0.4, 0.5) is 11.5 Å². The summed E-state index contributed by atoms with van der Waals surface area (Å²) < 4.78 is 5.14. The molecule has 0 aliphatic carbocycles. The molecule has 7 heteroatoms. The highest BCUT2D eigenvalue weighted by molar-refractivity contribution is 5.95. The first-order valence-electron chi connectivity index (χ1n) is 9.41. The normalized spacial score (nSPS) is 10.6. The van der Waals surface area contributed by atoms with Crippen molar-refractivity contribution in [2.24, 2.45) is 0 Å². The molecule has 0 fully saturated rings. The van der Waals surface area contributed by atoms with Gasteiger partial charge < -0.3 is 20.5 Å². The maximum Gasteiger partial charge on any atom is 0.251 e. The Hall–Kier alpha value is -3.29. The highest BCUT2D eigenvalue weighted by atomic mass is 16.5. The Labute approximate surface area is 169 Å². The number of nitrogens with zero attached hydrogens (tertiary/aromatic N) is 2. The Kier molecular flexibility index (Phi) is 7.27. The number of carbonyl (C=O) groups is 1. The SMILES string of the molecule is Cc1nc(Nc2cccc(C(=O)NCCOCCO)c2)cc(-c2ccccc2)n1. The fourth-order valence-electron chi connectivity index (χ4n) is 2.78. The van der Waals surface area contributed by atoms with Crippen molar-refractivity contribution in [3.05, 3.63) is 72.1 Å². The monoisotopic (exact) mass is 392 g/mol. The van der Waals surface area contributed by atoms with Crippen molar-refractivity contribution in [1.29, 1.82) is 0 Å². The van der Waals surface area contributed by atoms with Gasteiger partial charge in [-0.05, 0) is 25.1 Å². The minimum absolute atomic E-state index is 0.0316. The van der Waals surface area contributed by atoms with E-state index in [1.165, 1.54) is 0 Å². The van der Waals surface area contributed by atoms with E-state index in [2.05, 4.69) is 20.6 Å². The first kappa shape index (κ1) is 20.4. The Bertz CT molecular complexity index is 948. The average Bonchev–Trinajstić information content (AvgIpc) is 2.74.